The van der Waals surface area contributed by atoms with Gasteiger partial charge in [0.15, 0.2) is 0 Å². The van der Waals surface area contributed by atoms with Gasteiger partial charge in [-0.05, 0) is 17.7 Å². The summed E-state index contributed by atoms with van der Waals surface area (Å²) in [5.41, 5.74) is 1.26. The van der Waals surface area contributed by atoms with E-state index in [0.29, 0.717) is 0 Å². The van der Waals surface area contributed by atoms with Crippen LogP contribution in [0.4, 0.5) is 0 Å². The van der Waals surface area contributed by atoms with E-state index in [-0.39, 0.29) is 0 Å². The van der Waals surface area contributed by atoms with Crippen molar-refractivity contribution in [1.82, 2.24) is 0 Å². The molecular weight excluding hydrogens is 193 g/mol. The molecule has 0 spiro atoms. The topological polar surface area (TPSA) is 9.23 Å². The molecule has 0 saturated carbocycles. The summed E-state index contributed by atoms with van der Waals surface area (Å²) >= 11 is 3.36. The molecule has 0 aliphatic rings. The van der Waals surface area contributed by atoms with Gasteiger partial charge in [-0.3, -0.25) is 0 Å². The van der Waals surface area contributed by atoms with Gasteiger partial charge in [-0.2, -0.15) is 0 Å². The van der Waals surface area contributed by atoms with Gasteiger partial charge >= 0.3 is 0 Å². The number of halogens is 1. The lowest BCUT2D eigenvalue weighted by Crippen LogP contribution is -1.82. The Morgan fingerprint density at radius 1 is 1.30 bits per heavy atom. The second kappa shape index (κ2) is 3.62. The maximum Gasteiger partial charge on any atom is 0.118 e. The van der Waals surface area contributed by atoms with Gasteiger partial charge in [0.2, 0.25) is 0 Å². The zero-order chi connectivity index (χ0) is 7.40. The maximum atomic E-state index is 5.00. The lowest BCUT2D eigenvalue weighted by atomic mass is 10.4. The molecule has 0 amide bonds. The molecule has 0 atom stereocenters. The van der Waals surface area contributed by atoms with Gasteiger partial charge in [-0.25, -0.2) is 0 Å². The second-order valence-corrected chi connectivity index (χ2v) is 2.54. The van der Waals surface area contributed by atoms with Crippen LogP contribution in [0.3, 0.4) is 0 Å². The highest BCUT2D eigenvalue weighted by atomic mass is 79.9. The monoisotopic (exact) mass is 201 g/mol. The van der Waals surface area contributed by atoms with E-state index in [1.165, 1.54) is 5.56 Å². The van der Waals surface area contributed by atoms with E-state index in [4.69, 9.17) is 4.74 Å². The Balaban J connectivity index is 2.80. The van der Waals surface area contributed by atoms with Crippen molar-refractivity contribution < 1.29 is 4.74 Å². The van der Waals surface area contributed by atoms with Crippen LogP contribution >= 0.6 is 15.9 Å². The molecule has 1 nitrogen and oxygen atoms in total. The summed E-state index contributed by atoms with van der Waals surface area (Å²) in [7, 11) is 1.67. The van der Waals surface area contributed by atoms with Gasteiger partial charge in [0.25, 0.3) is 0 Å². The van der Waals surface area contributed by atoms with Gasteiger partial charge in [0.1, 0.15) is 5.75 Å². The summed E-state index contributed by atoms with van der Waals surface area (Å²) < 4.78 is 5.00. The molecule has 10 heavy (non-hydrogen) atoms. The highest BCUT2D eigenvalue weighted by Gasteiger charge is 1.89. The zero-order valence-corrected chi connectivity index (χ0v) is 7.39. The Kier molecular flexibility index (Phi) is 2.75. The first-order valence-electron chi connectivity index (χ1n) is 3.05. The van der Waals surface area contributed by atoms with E-state index in [1.807, 2.05) is 24.3 Å². The molecule has 0 aliphatic heterocycles. The van der Waals surface area contributed by atoms with Crippen LogP contribution in [0.5, 0.6) is 5.75 Å². The molecular formula is C8H9BrO. The Hall–Kier alpha value is -0.500. The number of hydrogen-bond acceptors (Lipinski definition) is 1. The van der Waals surface area contributed by atoms with Gasteiger partial charge in [0.05, 0.1) is 7.11 Å². The molecule has 0 saturated heterocycles. The summed E-state index contributed by atoms with van der Waals surface area (Å²) in [5.74, 6) is 0.907. The molecule has 1 aromatic rings. The highest BCUT2D eigenvalue weighted by Crippen LogP contribution is 2.12. The number of hydrogen-bond donors (Lipinski definition) is 0. The summed E-state index contributed by atoms with van der Waals surface area (Å²) in [6.45, 7) is 0. The smallest absolute Gasteiger partial charge is 0.118 e. The fourth-order valence-electron chi connectivity index (χ4n) is 0.715. The maximum absolute atomic E-state index is 5.00. The number of methoxy groups -OCH3 is 1. The van der Waals surface area contributed by atoms with Crippen LogP contribution in [-0.2, 0) is 5.33 Å². The molecule has 1 rings (SSSR count). The Morgan fingerprint density at radius 3 is 2.30 bits per heavy atom. The molecule has 54 valence electrons. The van der Waals surface area contributed by atoms with Crippen molar-refractivity contribution in [2.45, 2.75) is 5.33 Å². The minimum Gasteiger partial charge on any atom is -0.497 e. The van der Waals surface area contributed by atoms with Crippen molar-refractivity contribution >= 4 is 15.9 Å². The predicted molar refractivity (Wildman–Crippen MR) is 45.6 cm³/mol. The van der Waals surface area contributed by atoms with Crippen molar-refractivity contribution in [2.75, 3.05) is 7.11 Å². The summed E-state index contributed by atoms with van der Waals surface area (Å²) in [6.07, 6.45) is 0. The summed E-state index contributed by atoms with van der Waals surface area (Å²) in [6, 6.07) is 7.98. The average Bonchev–Trinajstić information content (AvgIpc) is 2.05. The van der Waals surface area contributed by atoms with Crippen LogP contribution in [0.2, 0.25) is 0 Å². The number of alkyl halides is 1. The lowest BCUT2D eigenvalue weighted by molar-refractivity contribution is 0.414. The van der Waals surface area contributed by atoms with Crippen molar-refractivity contribution in [3.8, 4) is 5.75 Å². The molecule has 0 radical (unpaired) electrons. The van der Waals surface area contributed by atoms with E-state index < -0.39 is 0 Å². The number of rotatable bonds is 2. The first kappa shape index (κ1) is 7.61. The minimum atomic E-state index is 0.900. The van der Waals surface area contributed by atoms with Crippen molar-refractivity contribution in [3.63, 3.8) is 0 Å². The van der Waals surface area contributed by atoms with Crippen LogP contribution in [-0.4, -0.2) is 7.11 Å². The van der Waals surface area contributed by atoms with E-state index in [9.17, 15) is 0 Å². The van der Waals surface area contributed by atoms with Gasteiger partial charge in [0, 0.05) is 5.33 Å². The second-order valence-electron chi connectivity index (χ2n) is 1.98. The lowest BCUT2D eigenvalue weighted by Gasteiger charge is -1.98. The molecule has 0 N–H and O–H groups in total. The predicted octanol–water partition coefficient (Wildman–Crippen LogP) is 2.59. The summed E-state index contributed by atoms with van der Waals surface area (Å²) in [5, 5.41) is 0.900. The molecule has 0 aliphatic carbocycles. The number of benzene rings is 1. The zero-order valence-electron chi connectivity index (χ0n) is 5.80. The van der Waals surface area contributed by atoms with Gasteiger partial charge in [-0.15, -0.1) is 0 Å². The fraction of sp³-hybridized carbons (Fsp3) is 0.250. The average molecular weight is 202 g/mol. The van der Waals surface area contributed by atoms with Gasteiger partial charge in [-0.1, -0.05) is 28.1 Å². The van der Waals surface area contributed by atoms with Crippen LogP contribution in [0.15, 0.2) is 24.3 Å². The van der Waals surface area contributed by atoms with Crippen LogP contribution in [0.25, 0.3) is 0 Å². The molecule has 0 fully saturated rings. The van der Waals surface area contributed by atoms with Crippen LogP contribution in [0.1, 0.15) is 5.56 Å². The molecule has 0 unspecified atom stereocenters. The van der Waals surface area contributed by atoms with Crippen LogP contribution < -0.4 is 4.74 Å². The minimum absolute atomic E-state index is 0.900. The van der Waals surface area contributed by atoms with Gasteiger partial charge < -0.3 is 4.74 Å². The molecule has 2 heteroatoms. The molecule has 1 aromatic carbocycles. The Bertz CT molecular complexity index is 170. The van der Waals surface area contributed by atoms with E-state index in [2.05, 4.69) is 15.9 Å². The van der Waals surface area contributed by atoms with E-state index in [1.54, 1.807) is 7.11 Å². The quantitative estimate of drug-likeness (QED) is 0.669. The number of ether oxygens (including phenoxy) is 1. The molecule has 0 heterocycles. The SMILES string of the molecule is COc1cc[13c](CBr)cc1. The molecule has 0 aromatic heterocycles. The highest BCUT2D eigenvalue weighted by molar-refractivity contribution is 9.08. The third kappa shape index (κ3) is 1.74. The van der Waals surface area contributed by atoms with E-state index in [0.717, 1.165) is 11.1 Å². The van der Waals surface area contributed by atoms with Crippen molar-refractivity contribution in [1.29, 1.82) is 0 Å². The Labute approximate surface area is 69.1 Å². The third-order valence-electron chi connectivity index (χ3n) is 1.31. The van der Waals surface area contributed by atoms with Crippen molar-refractivity contribution in [2.24, 2.45) is 0 Å². The fourth-order valence-corrected chi connectivity index (χ4v) is 1.09. The normalized spacial score (nSPS) is 9.40. The van der Waals surface area contributed by atoms with Crippen molar-refractivity contribution in [3.05, 3.63) is 29.8 Å². The standard InChI is InChI=1S/C8H9BrO/c1-10-8-4-2-7(6-9)3-5-8/h2-5H,6H2,1H3/i7+1. The van der Waals surface area contributed by atoms with E-state index >= 15 is 0 Å². The third-order valence-corrected chi connectivity index (χ3v) is 1.96. The largest absolute Gasteiger partial charge is 0.497 e. The summed E-state index contributed by atoms with van der Waals surface area (Å²) in [4.78, 5) is 0. The Morgan fingerprint density at radius 2 is 1.90 bits per heavy atom. The first-order chi connectivity index (χ1) is 4.86. The van der Waals surface area contributed by atoms with Crippen LogP contribution in [0, 0.1) is 0 Å². The first-order valence-corrected chi connectivity index (χ1v) is 4.18. The molecule has 0 bridgehead atoms.